The van der Waals surface area contributed by atoms with Crippen LogP contribution in [-0.2, 0) is 16.0 Å². The molecule has 0 atom stereocenters. The number of benzene rings is 2. The molecule has 2 aromatic carbocycles. The van der Waals surface area contributed by atoms with Crippen LogP contribution in [0.5, 0.6) is 0 Å². The number of carbonyl (C=O) groups excluding carboxylic acids is 1. The molecular formula is C20H19N3O3. The molecular weight excluding hydrogens is 330 g/mol. The summed E-state index contributed by atoms with van der Waals surface area (Å²) in [7, 11) is 1.34. The van der Waals surface area contributed by atoms with Crippen LogP contribution in [0.2, 0.25) is 0 Å². The van der Waals surface area contributed by atoms with Crippen LogP contribution in [-0.4, -0.2) is 23.7 Å². The van der Waals surface area contributed by atoms with Gasteiger partial charge in [-0.3, -0.25) is 4.79 Å². The van der Waals surface area contributed by atoms with Gasteiger partial charge in [0.1, 0.15) is 5.71 Å². The summed E-state index contributed by atoms with van der Waals surface area (Å²) in [5, 5.41) is 10.4. The SMILES string of the molecule is COC1=C(O)C(Cc2ccc(N)cc2)=CC(=Nc2ccc(N)cc2)C1=O. The largest absolute Gasteiger partial charge is 0.504 e. The van der Waals surface area contributed by atoms with Gasteiger partial charge in [0.05, 0.1) is 12.8 Å². The molecule has 0 amide bonds. The highest BCUT2D eigenvalue weighted by atomic mass is 16.5. The molecule has 0 fully saturated rings. The highest BCUT2D eigenvalue weighted by Gasteiger charge is 2.28. The average molecular weight is 349 g/mol. The van der Waals surface area contributed by atoms with E-state index in [0.717, 1.165) is 5.56 Å². The summed E-state index contributed by atoms with van der Waals surface area (Å²) in [6.45, 7) is 0. The highest BCUT2D eigenvalue weighted by molar-refractivity contribution is 6.50. The van der Waals surface area contributed by atoms with Gasteiger partial charge in [0.25, 0.3) is 0 Å². The summed E-state index contributed by atoms with van der Waals surface area (Å²) < 4.78 is 5.11. The normalized spacial score (nSPS) is 16.0. The highest BCUT2D eigenvalue weighted by Crippen LogP contribution is 2.26. The number of ether oxygens (including phenoxy) is 1. The number of Topliss-reactive ketones (excluding diaryl/α,β-unsaturated/α-hetero) is 1. The average Bonchev–Trinajstić information content (AvgIpc) is 2.63. The number of carbonyl (C=O) groups is 1. The molecule has 1 aliphatic carbocycles. The molecule has 0 spiro atoms. The van der Waals surface area contributed by atoms with E-state index in [9.17, 15) is 9.90 Å². The molecule has 0 saturated heterocycles. The van der Waals surface area contributed by atoms with Gasteiger partial charge in [-0.1, -0.05) is 12.1 Å². The molecule has 0 aliphatic heterocycles. The first-order valence-electron chi connectivity index (χ1n) is 7.99. The summed E-state index contributed by atoms with van der Waals surface area (Å²) in [4.78, 5) is 16.9. The minimum atomic E-state index is -0.470. The monoisotopic (exact) mass is 349 g/mol. The molecule has 132 valence electrons. The van der Waals surface area contributed by atoms with E-state index in [0.29, 0.717) is 29.1 Å². The number of aliphatic hydroxyl groups excluding tert-OH is 1. The van der Waals surface area contributed by atoms with Gasteiger partial charge in [-0.05, 0) is 48.0 Å². The fourth-order valence-corrected chi connectivity index (χ4v) is 2.62. The predicted octanol–water partition coefficient (Wildman–Crippen LogP) is 3.09. The van der Waals surface area contributed by atoms with Gasteiger partial charge in [0.15, 0.2) is 5.76 Å². The van der Waals surface area contributed by atoms with Crippen molar-refractivity contribution in [2.45, 2.75) is 6.42 Å². The number of rotatable bonds is 4. The van der Waals surface area contributed by atoms with E-state index < -0.39 is 5.78 Å². The van der Waals surface area contributed by atoms with Crippen molar-refractivity contribution in [1.82, 2.24) is 0 Å². The molecule has 0 saturated carbocycles. The van der Waals surface area contributed by atoms with Crippen LogP contribution in [0.4, 0.5) is 17.1 Å². The molecule has 2 aromatic rings. The van der Waals surface area contributed by atoms with Crippen molar-refractivity contribution < 1.29 is 14.6 Å². The number of methoxy groups -OCH3 is 1. The first kappa shape index (κ1) is 17.3. The molecule has 0 heterocycles. The Kier molecular flexibility index (Phi) is 4.75. The van der Waals surface area contributed by atoms with Crippen molar-refractivity contribution in [3.63, 3.8) is 0 Å². The molecule has 0 aromatic heterocycles. The zero-order chi connectivity index (χ0) is 18.7. The van der Waals surface area contributed by atoms with Gasteiger partial charge in [-0.2, -0.15) is 0 Å². The zero-order valence-corrected chi connectivity index (χ0v) is 14.3. The summed E-state index contributed by atoms with van der Waals surface area (Å²) in [5.74, 6) is -0.763. The minimum Gasteiger partial charge on any atom is -0.504 e. The Morgan fingerprint density at radius 3 is 2.15 bits per heavy atom. The van der Waals surface area contributed by atoms with E-state index >= 15 is 0 Å². The van der Waals surface area contributed by atoms with E-state index in [-0.39, 0.29) is 17.2 Å². The lowest BCUT2D eigenvalue weighted by Crippen LogP contribution is -2.23. The molecule has 6 nitrogen and oxygen atoms in total. The molecule has 5 N–H and O–H groups in total. The second-order valence-corrected chi connectivity index (χ2v) is 5.89. The third-order valence-electron chi connectivity index (χ3n) is 3.99. The smallest absolute Gasteiger partial charge is 0.249 e. The van der Waals surface area contributed by atoms with Gasteiger partial charge < -0.3 is 21.3 Å². The van der Waals surface area contributed by atoms with Crippen LogP contribution in [0.3, 0.4) is 0 Å². The van der Waals surface area contributed by atoms with Crippen LogP contribution < -0.4 is 11.5 Å². The van der Waals surface area contributed by atoms with Crippen LogP contribution >= 0.6 is 0 Å². The summed E-state index contributed by atoms with van der Waals surface area (Å²) in [5.41, 5.74) is 14.9. The van der Waals surface area contributed by atoms with Gasteiger partial charge in [0, 0.05) is 23.4 Å². The Morgan fingerprint density at radius 1 is 1.00 bits per heavy atom. The maximum absolute atomic E-state index is 12.5. The van der Waals surface area contributed by atoms with E-state index in [2.05, 4.69) is 4.99 Å². The van der Waals surface area contributed by atoms with Crippen LogP contribution in [0.15, 0.2) is 76.7 Å². The molecule has 0 bridgehead atoms. The third-order valence-corrected chi connectivity index (χ3v) is 3.99. The van der Waals surface area contributed by atoms with Gasteiger partial charge >= 0.3 is 0 Å². The molecule has 3 rings (SSSR count). The van der Waals surface area contributed by atoms with Crippen molar-refractivity contribution >= 4 is 28.6 Å². The van der Waals surface area contributed by atoms with Crippen molar-refractivity contribution in [1.29, 1.82) is 0 Å². The Hall–Kier alpha value is -3.54. The second-order valence-electron chi connectivity index (χ2n) is 5.89. The molecule has 26 heavy (non-hydrogen) atoms. The van der Waals surface area contributed by atoms with Crippen LogP contribution in [0.1, 0.15) is 5.56 Å². The number of nitrogen functional groups attached to an aromatic ring is 2. The standard InChI is InChI=1S/C20H19N3O3/c1-26-20-18(24)13(10-12-2-4-14(21)5-3-12)11-17(19(20)25)23-16-8-6-15(22)7-9-16/h2-9,11,24H,10,21-22H2,1H3. The summed E-state index contributed by atoms with van der Waals surface area (Å²) in [6, 6.07) is 14.1. The Labute approximate surface area is 151 Å². The predicted molar refractivity (Wildman–Crippen MR) is 102 cm³/mol. The van der Waals surface area contributed by atoms with Gasteiger partial charge in [-0.15, -0.1) is 0 Å². The van der Waals surface area contributed by atoms with E-state index in [1.165, 1.54) is 7.11 Å². The Balaban J connectivity index is 1.99. The number of nitrogens with two attached hydrogens (primary N) is 2. The lowest BCUT2D eigenvalue weighted by Gasteiger charge is -2.17. The Morgan fingerprint density at radius 2 is 1.58 bits per heavy atom. The number of anilines is 2. The van der Waals surface area contributed by atoms with Crippen molar-refractivity contribution in [3.8, 4) is 0 Å². The molecule has 0 radical (unpaired) electrons. The van der Waals surface area contributed by atoms with Crippen molar-refractivity contribution in [3.05, 3.63) is 77.3 Å². The number of hydrogen-bond donors (Lipinski definition) is 3. The van der Waals surface area contributed by atoms with Crippen LogP contribution in [0.25, 0.3) is 0 Å². The number of aliphatic hydroxyl groups is 1. The minimum absolute atomic E-state index is 0.118. The topological polar surface area (TPSA) is 111 Å². The number of ketones is 1. The fourth-order valence-electron chi connectivity index (χ4n) is 2.62. The quantitative estimate of drug-likeness (QED) is 0.580. The van der Waals surface area contributed by atoms with Gasteiger partial charge in [-0.25, -0.2) is 4.99 Å². The lowest BCUT2D eigenvalue weighted by atomic mass is 9.95. The maximum atomic E-state index is 12.5. The Bertz CT molecular complexity index is 924. The number of allylic oxidation sites excluding steroid dienone is 3. The summed E-state index contributed by atoms with van der Waals surface area (Å²) in [6.07, 6.45) is 1.99. The summed E-state index contributed by atoms with van der Waals surface area (Å²) >= 11 is 0. The fraction of sp³-hybridized carbons (Fsp3) is 0.100. The van der Waals surface area contributed by atoms with E-state index in [1.807, 2.05) is 12.1 Å². The maximum Gasteiger partial charge on any atom is 0.249 e. The lowest BCUT2D eigenvalue weighted by molar-refractivity contribution is -0.112. The number of nitrogens with zero attached hydrogens (tertiary/aromatic N) is 1. The number of hydrogen-bond acceptors (Lipinski definition) is 6. The van der Waals surface area contributed by atoms with Gasteiger partial charge in [0.2, 0.25) is 11.5 Å². The van der Waals surface area contributed by atoms with E-state index in [4.69, 9.17) is 16.2 Å². The first-order chi connectivity index (χ1) is 12.5. The first-order valence-corrected chi connectivity index (χ1v) is 7.99. The second kappa shape index (κ2) is 7.14. The molecule has 0 unspecified atom stereocenters. The van der Waals surface area contributed by atoms with Crippen molar-refractivity contribution in [2.75, 3.05) is 18.6 Å². The van der Waals surface area contributed by atoms with E-state index in [1.54, 1.807) is 42.5 Å². The van der Waals surface area contributed by atoms with Crippen molar-refractivity contribution in [2.24, 2.45) is 4.99 Å². The third kappa shape index (κ3) is 3.59. The van der Waals surface area contributed by atoms with Crippen LogP contribution in [0, 0.1) is 0 Å². The molecule has 6 heteroatoms. The molecule has 1 aliphatic rings. The number of aliphatic imine (C=N–C) groups is 1. The zero-order valence-electron chi connectivity index (χ0n) is 14.3.